The summed E-state index contributed by atoms with van der Waals surface area (Å²) in [7, 11) is 0. The summed E-state index contributed by atoms with van der Waals surface area (Å²) in [5.74, 6) is 0.551. The lowest BCUT2D eigenvalue weighted by atomic mass is 10.0. The molecule has 2 N–H and O–H groups in total. The Hall–Kier alpha value is -3.68. The lowest BCUT2D eigenvalue weighted by Crippen LogP contribution is -2.23. The number of benzene rings is 2. The van der Waals surface area contributed by atoms with Crippen molar-refractivity contribution >= 4 is 5.69 Å². The molecule has 0 aliphatic heterocycles. The van der Waals surface area contributed by atoms with Gasteiger partial charge in [0, 0.05) is 11.3 Å². The van der Waals surface area contributed by atoms with Crippen molar-refractivity contribution in [1.29, 1.82) is 10.5 Å². The van der Waals surface area contributed by atoms with E-state index in [-0.39, 0.29) is 5.89 Å². The van der Waals surface area contributed by atoms with Gasteiger partial charge in [-0.05, 0) is 68.3 Å². The van der Waals surface area contributed by atoms with Gasteiger partial charge in [0.15, 0.2) is 0 Å². The Morgan fingerprint density at radius 3 is 2.32 bits per heavy atom. The fourth-order valence-electron chi connectivity index (χ4n) is 2.82. The second-order valence-electron chi connectivity index (χ2n) is 6.52. The van der Waals surface area contributed by atoms with E-state index in [0.29, 0.717) is 22.6 Å². The molecule has 7 nitrogen and oxygen atoms in total. The van der Waals surface area contributed by atoms with Crippen LogP contribution >= 0.6 is 0 Å². The van der Waals surface area contributed by atoms with Crippen molar-refractivity contribution in [3.63, 3.8) is 0 Å². The molecule has 0 amide bonds. The second kappa shape index (κ2) is 7.91. The van der Waals surface area contributed by atoms with Crippen molar-refractivity contribution in [1.82, 2.24) is 10.2 Å². The SMILES string of the molecule is Cc1c(C#N)ccc(N[C@@H](c2nnc(-c3ccc(C#N)cc3)o2)[C@@H](C)O)c1C. The van der Waals surface area contributed by atoms with Gasteiger partial charge in [-0.25, -0.2) is 0 Å². The molecule has 0 bridgehead atoms. The summed E-state index contributed by atoms with van der Waals surface area (Å²) in [4.78, 5) is 0. The van der Waals surface area contributed by atoms with Gasteiger partial charge in [-0.3, -0.25) is 0 Å². The predicted octanol–water partition coefficient (Wildman–Crippen LogP) is 3.63. The van der Waals surface area contributed by atoms with Crippen LogP contribution in [0.15, 0.2) is 40.8 Å². The Morgan fingerprint density at radius 1 is 1.00 bits per heavy atom. The quantitative estimate of drug-likeness (QED) is 0.701. The highest BCUT2D eigenvalue weighted by molar-refractivity contribution is 5.59. The molecule has 3 rings (SSSR count). The number of aliphatic hydroxyl groups is 1. The Morgan fingerprint density at radius 2 is 1.71 bits per heavy atom. The van der Waals surface area contributed by atoms with Crippen LogP contribution in [-0.4, -0.2) is 21.4 Å². The maximum atomic E-state index is 10.3. The molecule has 0 radical (unpaired) electrons. The molecule has 3 aromatic rings. The zero-order valence-corrected chi connectivity index (χ0v) is 15.8. The largest absolute Gasteiger partial charge is 0.418 e. The molecule has 2 atom stereocenters. The van der Waals surface area contributed by atoms with Crippen LogP contribution in [-0.2, 0) is 0 Å². The predicted molar refractivity (Wildman–Crippen MR) is 103 cm³/mol. The molecule has 1 heterocycles. The van der Waals surface area contributed by atoms with E-state index in [2.05, 4.69) is 27.7 Å². The summed E-state index contributed by atoms with van der Waals surface area (Å²) in [6.07, 6.45) is -0.801. The first-order chi connectivity index (χ1) is 13.4. The molecule has 0 aliphatic carbocycles. The number of hydrogen-bond acceptors (Lipinski definition) is 7. The maximum Gasteiger partial charge on any atom is 0.247 e. The highest BCUT2D eigenvalue weighted by Crippen LogP contribution is 2.29. The number of aliphatic hydroxyl groups excluding tert-OH is 1. The number of anilines is 1. The summed E-state index contributed by atoms with van der Waals surface area (Å²) in [6, 6.07) is 13.9. The van der Waals surface area contributed by atoms with Crippen LogP contribution in [0.3, 0.4) is 0 Å². The van der Waals surface area contributed by atoms with Crippen LogP contribution in [0.1, 0.15) is 41.1 Å². The average molecular weight is 373 g/mol. The van der Waals surface area contributed by atoms with Gasteiger partial charge in [-0.15, -0.1) is 10.2 Å². The van der Waals surface area contributed by atoms with Crippen molar-refractivity contribution in [2.45, 2.75) is 32.9 Å². The van der Waals surface area contributed by atoms with Crippen LogP contribution in [0.5, 0.6) is 0 Å². The molecule has 7 heteroatoms. The van der Waals surface area contributed by atoms with Gasteiger partial charge < -0.3 is 14.8 Å². The van der Waals surface area contributed by atoms with E-state index >= 15 is 0 Å². The van der Waals surface area contributed by atoms with E-state index in [4.69, 9.17) is 14.9 Å². The van der Waals surface area contributed by atoms with Crippen molar-refractivity contribution < 1.29 is 9.52 Å². The first-order valence-electron chi connectivity index (χ1n) is 8.73. The highest BCUT2D eigenvalue weighted by Gasteiger charge is 2.25. The standard InChI is InChI=1S/C21H19N5O2/c1-12-13(2)18(9-8-17(12)11-23)24-19(14(3)27)21-26-25-20(28-21)16-6-4-15(10-22)5-7-16/h4-9,14,19,24,27H,1-3H3/t14-,19-/m1/s1. The minimum absolute atomic E-state index is 0.246. The van der Waals surface area contributed by atoms with Gasteiger partial charge in [0.05, 0.1) is 29.4 Å². The minimum Gasteiger partial charge on any atom is -0.418 e. The van der Waals surface area contributed by atoms with Gasteiger partial charge in [-0.1, -0.05) is 0 Å². The molecule has 0 aliphatic rings. The van der Waals surface area contributed by atoms with E-state index in [1.807, 2.05) is 13.8 Å². The Kier molecular flexibility index (Phi) is 5.39. The number of rotatable bonds is 5. The normalized spacial score (nSPS) is 12.6. The van der Waals surface area contributed by atoms with Crippen molar-refractivity contribution in [2.75, 3.05) is 5.32 Å². The Balaban J connectivity index is 1.90. The van der Waals surface area contributed by atoms with Gasteiger partial charge in [0.2, 0.25) is 11.8 Å². The van der Waals surface area contributed by atoms with Crippen molar-refractivity contribution in [3.05, 3.63) is 64.5 Å². The lowest BCUT2D eigenvalue weighted by Gasteiger charge is -2.21. The molecule has 1 aromatic heterocycles. The summed E-state index contributed by atoms with van der Waals surface area (Å²) in [5.41, 5.74) is 4.40. The fraction of sp³-hybridized carbons (Fsp3) is 0.238. The van der Waals surface area contributed by atoms with E-state index in [1.165, 1.54) is 0 Å². The number of hydrogen-bond donors (Lipinski definition) is 2. The molecular weight excluding hydrogens is 354 g/mol. The van der Waals surface area contributed by atoms with Crippen LogP contribution < -0.4 is 5.32 Å². The van der Waals surface area contributed by atoms with Gasteiger partial charge in [0.25, 0.3) is 0 Å². The van der Waals surface area contributed by atoms with Crippen LogP contribution in [0.4, 0.5) is 5.69 Å². The number of nitrogens with one attached hydrogen (secondary N) is 1. The lowest BCUT2D eigenvalue weighted by molar-refractivity contribution is 0.159. The molecule has 140 valence electrons. The summed E-state index contributed by atoms with van der Waals surface area (Å²) < 4.78 is 5.77. The Bertz CT molecular complexity index is 1070. The van der Waals surface area contributed by atoms with Crippen LogP contribution in [0, 0.1) is 36.5 Å². The molecule has 0 spiro atoms. The van der Waals surface area contributed by atoms with E-state index in [1.54, 1.807) is 43.3 Å². The van der Waals surface area contributed by atoms with Gasteiger partial charge in [0.1, 0.15) is 6.04 Å². The van der Waals surface area contributed by atoms with E-state index < -0.39 is 12.1 Å². The molecule has 0 saturated carbocycles. The van der Waals surface area contributed by atoms with Crippen molar-refractivity contribution in [2.24, 2.45) is 0 Å². The zero-order chi connectivity index (χ0) is 20.3. The molecule has 2 aromatic carbocycles. The molecule has 28 heavy (non-hydrogen) atoms. The summed E-state index contributed by atoms with van der Waals surface area (Å²) >= 11 is 0. The van der Waals surface area contributed by atoms with E-state index in [0.717, 1.165) is 16.8 Å². The monoisotopic (exact) mass is 373 g/mol. The van der Waals surface area contributed by atoms with E-state index in [9.17, 15) is 5.11 Å². The zero-order valence-electron chi connectivity index (χ0n) is 15.8. The van der Waals surface area contributed by atoms with Gasteiger partial charge in [-0.2, -0.15) is 10.5 Å². The molecule has 0 unspecified atom stereocenters. The number of aromatic nitrogens is 2. The van der Waals surface area contributed by atoms with Crippen molar-refractivity contribution in [3.8, 4) is 23.6 Å². The number of nitriles is 2. The molecular formula is C21H19N5O2. The third-order valence-electron chi connectivity index (χ3n) is 4.67. The van der Waals surface area contributed by atoms with Gasteiger partial charge >= 0.3 is 0 Å². The maximum absolute atomic E-state index is 10.3. The third kappa shape index (κ3) is 3.71. The summed E-state index contributed by atoms with van der Waals surface area (Å²) in [5, 5.41) is 39.7. The van der Waals surface area contributed by atoms with Crippen LogP contribution in [0.25, 0.3) is 11.5 Å². The summed E-state index contributed by atoms with van der Waals surface area (Å²) in [6.45, 7) is 5.43. The van der Waals surface area contributed by atoms with Crippen LogP contribution in [0.2, 0.25) is 0 Å². The first-order valence-corrected chi connectivity index (χ1v) is 8.73. The first kappa shape index (κ1) is 19.1. The second-order valence-corrected chi connectivity index (χ2v) is 6.52. The topological polar surface area (TPSA) is 119 Å². The Labute approximate surface area is 162 Å². The third-order valence-corrected chi connectivity index (χ3v) is 4.67. The molecule has 0 saturated heterocycles. The smallest absolute Gasteiger partial charge is 0.247 e. The highest BCUT2D eigenvalue weighted by atomic mass is 16.4. The average Bonchev–Trinajstić information content (AvgIpc) is 3.18. The minimum atomic E-state index is -0.801. The number of nitrogens with zero attached hydrogens (tertiary/aromatic N) is 4. The fourth-order valence-corrected chi connectivity index (χ4v) is 2.82. The molecule has 0 fully saturated rings.